The highest BCUT2D eigenvalue weighted by Gasteiger charge is 2.27. The molecule has 1 aliphatic carbocycles. The molecule has 38 heavy (non-hydrogen) atoms. The van der Waals surface area contributed by atoms with Crippen LogP contribution in [0, 0.1) is 17.2 Å². The number of nitrogens with zero attached hydrogens (tertiary/aromatic N) is 5. The van der Waals surface area contributed by atoms with Gasteiger partial charge in [0, 0.05) is 62.4 Å². The van der Waals surface area contributed by atoms with Gasteiger partial charge >= 0.3 is 0 Å². The van der Waals surface area contributed by atoms with Gasteiger partial charge in [0.1, 0.15) is 17.6 Å². The molecule has 4 heterocycles. The van der Waals surface area contributed by atoms with Crippen molar-refractivity contribution in [3.63, 3.8) is 0 Å². The van der Waals surface area contributed by atoms with Crippen LogP contribution in [0.3, 0.4) is 0 Å². The fourth-order valence-corrected chi connectivity index (χ4v) is 5.86. The molecule has 5 aliphatic rings. The number of rotatable bonds is 3. The minimum atomic E-state index is 0.0822. The summed E-state index contributed by atoms with van der Waals surface area (Å²) < 4.78 is 6.32. The lowest BCUT2D eigenvalue weighted by atomic mass is 9.81. The third-order valence-corrected chi connectivity index (χ3v) is 8.43. The molecule has 1 saturated carbocycles. The standard InChI is InChI=1S/C31H35N5O2/c1-22-19-36-20-24-6-8-26(17-32)30(15-24)38-28-10-9-25(7-5-23-3-2-4-23)29(16-28)31(37)35-13-11-34(12-14-35)21-27(36)18-33-22/h6,8-10,15-16,18,23H,2-5,7,11-14,19-21H2,1H3. The molecule has 0 N–H and O–H groups in total. The Morgan fingerprint density at radius 3 is 2.63 bits per heavy atom. The van der Waals surface area contributed by atoms with E-state index in [0.29, 0.717) is 36.7 Å². The van der Waals surface area contributed by atoms with Crippen LogP contribution in [0.1, 0.15) is 59.7 Å². The number of fused-ring (bicyclic) bond motifs is 2. The molecule has 0 aromatic heterocycles. The molecule has 7 nitrogen and oxygen atoms in total. The molecule has 2 aromatic carbocycles. The number of ether oxygens (including phenoxy) is 1. The number of hydrogen-bond acceptors (Lipinski definition) is 6. The summed E-state index contributed by atoms with van der Waals surface area (Å²) in [4.78, 5) is 25.2. The van der Waals surface area contributed by atoms with E-state index in [2.05, 4.69) is 33.9 Å². The number of aliphatic imine (C=N–C) groups is 1. The quantitative estimate of drug-likeness (QED) is 0.584. The number of carbonyl (C=O) groups excluding carboxylic acids is 1. The number of carbonyl (C=O) groups is 1. The van der Waals surface area contributed by atoms with Gasteiger partial charge < -0.3 is 14.5 Å². The third-order valence-electron chi connectivity index (χ3n) is 8.43. The smallest absolute Gasteiger partial charge is 0.254 e. The Bertz CT molecular complexity index is 1330. The van der Waals surface area contributed by atoms with Crippen molar-refractivity contribution in [2.45, 2.75) is 45.6 Å². The molecular weight excluding hydrogens is 474 g/mol. The zero-order valence-electron chi connectivity index (χ0n) is 22.2. The highest BCUT2D eigenvalue weighted by atomic mass is 16.5. The van der Waals surface area contributed by atoms with E-state index < -0.39 is 0 Å². The van der Waals surface area contributed by atoms with E-state index in [0.717, 1.165) is 67.3 Å². The van der Waals surface area contributed by atoms with E-state index >= 15 is 0 Å². The first-order valence-electron chi connectivity index (χ1n) is 13.9. The number of hydrogen-bond donors (Lipinski definition) is 0. The monoisotopic (exact) mass is 509 g/mol. The van der Waals surface area contributed by atoms with Crippen molar-refractivity contribution < 1.29 is 9.53 Å². The van der Waals surface area contributed by atoms with Gasteiger partial charge in [-0.25, -0.2) is 0 Å². The number of piperazine rings is 1. The summed E-state index contributed by atoms with van der Waals surface area (Å²) in [6, 6.07) is 14.0. The molecule has 0 radical (unpaired) electrons. The van der Waals surface area contributed by atoms with E-state index in [1.54, 1.807) is 0 Å². The van der Waals surface area contributed by atoms with Crippen LogP contribution in [0.15, 0.2) is 53.3 Å². The lowest BCUT2D eigenvalue weighted by Crippen LogP contribution is -2.50. The number of nitriles is 1. The van der Waals surface area contributed by atoms with Crippen molar-refractivity contribution in [3.05, 3.63) is 70.5 Å². The minimum absolute atomic E-state index is 0.0822. The predicted octanol–water partition coefficient (Wildman–Crippen LogP) is 4.97. The molecule has 0 spiro atoms. The number of amides is 1. The maximum Gasteiger partial charge on any atom is 0.254 e. The summed E-state index contributed by atoms with van der Waals surface area (Å²) in [6.07, 6.45) is 7.96. The van der Waals surface area contributed by atoms with Crippen molar-refractivity contribution in [1.82, 2.24) is 14.7 Å². The molecule has 0 atom stereocenters. The molecule has 7 rings (SSSR count). The summed E-state index contributed by atoms with van der Waals surface area (Å²) in [5.74, 6) is 1.99. The number of aryl methyl sites for hydroxylation is 1. The van der Waals surface area contributed by atoms with Gasteiger partial charge in [-0.3, -0.25) is 14.7 Å². The van der Waals surface area contributed by atoms with E-state index in [1.165, 1.54) is 25.0 Å². The van der Waals surface area contributed by atoms with E-state index in [9.17, 15) is 10.1 Å². The lowest BCUT2D eigenvalue weighted by molar-refractivity contribution is 0.0638. The maximum atomic E-state index is 13.8. The van der Waals surface area contributed by atoms with Crippen LogP contribution < -0.4 is 4.74 Å². The molecular formula is C31H35N5O2. The highest BCUT2D eigenvalue weighted by molar-refractivity contribution is 5.96. The van der Waals surface area contributed by atoms with E-state index in [-0.39, 0.29) is 5.91 Å². The molecule has 196 valence electrons. The van der Waals surface area contributed by atoms with Gasteiger partial charge in [-0.2, -0.15) is 5.26 Å². The van der Waals surface area contributed by atoms with Gasteiger partial charge in [0.05, 0.1) is 12.1 Å². The van der Waals surface area contributed by atoms with Crippen LogP contribution in [0.5, 0.6) is 11.5 Å². The lowest BCUT2D eigenvalue weighted by Gasteiger charge is -2.38. The topological polar surface area (TPSA) is 72.2 Å². The zero-order chi connectivity index (χ0) is 26.1. The average molecular weight is 510 g/mol. The van der Waals surface area contributed by atoms with Gasteiger partial charge in [-0.1, -0.05) is 31.4 Å². The summed E-state index contributed by atoms with van der Waals surface area (Å²) in [5.41, 5.74) is 5.65. The summed E-state index contributed by atoms with van der Waals surface area (Å²) >= 11 is 0. The van der Waals surface area contributed by atoms with E-state index in [4.69, 9.17) is 4.74 Å². The van der Waals surface area contributed by atoms with Crippen molar-refractivity contribution >= 4 is 11.6 Å². The number of benzene rings is 2. The molecule has 7 heteroatoms. The molecule has 2 aromatic rings. The van der Waals surface area contributed by atoms with Gasteiger partial charge in [-0.05, 0) is 61.1 Å². The maximum absolute atomic E-state index is 13.8. The van der Waals surface area contributed by atoms with Crippen LogP contribution in [0.2, 0.25) is 0 Å². The second-order valence-corrected chi connectivity index (χ2v) is 11.1. The van der Waals surface area contributed by atoms with Crippen LogP contribution in [-0.2, 0) is 13.0 Å². The molecule has 6 bridgehead atoms. The second kappa shape index (κ2) is 10.6. The summed E-state index contributed by atoms with van der Waals surface area (Å²) in [7, 11) is 0. The van der Waals surface area contributed by atoms with Crippen LogP contribution >= 0.6 is 0 Å². The normalized spacial score (nSPS) is 20.2. The average Bonchev–Trinajstić information content (AvgIpc) is 2.90. The van der Waals surface area contributed by atoms with Crippen LogP contribution in [0.25, 0.3) is 0 Å². The first-order valence-corrected chi connectivity index (χ1v) is 13.9. The fourth-order valence-electron chi connectivity index (χ4n) is 5.86. The summed E-state index contributed by atoms with van der Waals surface area (Å²) in [6.45, 7) is 7.44. The molecule has 4 aliphatic heterocycles. The van der Waals surface area contributed by atoms with Gasteiger partial charge in [0.15, 0.2) is 0 Å². The molecule has 0 unspecified atom stereocenters. The fraction of sp³-hybridized carbons (Fsp3) is 0.452. The van der Waals surface area contributed by atoms with E-state index in [1.807, 2.05) is 41.4 Å². The first kappa shape index (κ1) is 24.7. The van der Waals surface area contributed by atoms with Crippen molar-refractivity contribution in [3.8, 4) is 17.6 Å². The SMILES string of the molecule is CC1=NC=C2CN3CCN(CC3)C(=O)c3cc(ccc3CCC3CCC3)Oc3cc(ccc3C#N)CN2C1. The van der Waals surface area contributed by atoms with Gasteiger partial charge in [0.25, 0.3) is 5.91 Å². The van der Waals surface area contributed by atoms with Gasteiger partial charge in [0.2, 0.25) is 0 Å². The largest absolute Gasteiger partial charge is 0.456 e. The van der Waals surface area contributed by atoms with Crippen LogP contribution in [0.4, 0.5) is 0 Å². The second-order valence-electron chi connectivity index (χ2n) is 11.1. The molecule has 2 fully saturated rings. The Morgan fingerprint density at radius 2 is 1.87 bits per heavy atom. The molecule has 1 amide bonds. The minimum Gasteiger partial charge on any atom is -0.456 e. The first-order chi connectivity index (χ1) is 18.6. The molecule has 1 saturated heterocycles. The van der Waals surface area contributed by atoms with Crippen LogP contribution in [-0.4, -0.2) is 65.6 Å². The highest BCUT2D eigenvalue weighted by Crippen LogP contribution is 2.33. The van der Waals surface area contributed by atoms with Crippen molar-refractivity contribution in [1.29, 1.82) is 5.26 Å². The predicted molar refractivity (Wildman–Crippen MR) is 147 cm³/mol. The Labute approximate surface area is 225 Å². The van der Waals surface area contributed by atoms with Gasteiger partial charge in [-0.15, -0.1) is 0 Å². The Balaban J connectivity index is 1.37. The van der Waals surface area contributed by atoms with Crippen molar-refractivity contribution in [2.24, 2.45) is 10.9 Å². The third kappa shape index (κ3) is 5.19. The van der Waals surface area contributed by atoms with Crippen molar-refractivity contribution in [2.75, 3.05) is 39.3 Å². The Morgan fingerprint density at radius 1 is 1.03 bits per heavy atom. The Kier molecular flexibility index (Phi) is 6.90. The Hall–Kier alpha value is -3.63. The zero-order valence-corrected chi connectivity index (χ0v) is 22.2. The summed E-state index contributed by atoms with van der Waals surface area (Å²) in [5, 5.41) is 9.78.